The Morgan fingerprint density at radius 1 is 1.41 bits per heavy atom. The van der Waals surface area contributed by atoms with Gasteiger partial charge in [0.1, 0.15) is 5.52 Å². The molecule has 116 valence electrons. The van der Waals surface area contributed by atoms with Crippen LogP contribution in [0.5, 0.6) is 0 Å². The SMILES string of the molecule is C[C@H]1CCC2(CC2)C[C@H]1NC(=O)Nc1cnc2[nH]ccc2n1. The van der Waals surface area contributed by atoms with Crippen LogP contribution in [0, 0.1) is 11.3 Å². The van der Waals surface area contributed by atoms with E-state index >= 15 is 0 Å². The molecule has 2 saturated carbocycles. The van der Waals surface area contributed by atoms with Gasteiger partial charge in [-0.15, -0.1) is 0 Å². The Morgan fingerprint density at radius 3 is 3.09 bits per heavy atom. The van der Waals surface area contributed by atoms with Crippen LogP contribution in [0.2, 0.25) is 0 Å². The molecule has 3 N–H and O–H groups in total. The molecule has 2 atom stereocenters. The fourth-order valence-electron chi connectivity index (χ4n) is 3.54. The fourth-order valence-corrected chi connectivity index (χ4v) is 3.54. The molecule has 0 aliphatic heterocycles. The monoisotopic (exact) mass is 299 g/mol. The Balaban J connectivity index is 1.41. The molecule has 2 aliphatic rings. The van der Waals surface area contributed by atoms with Gasteiger partial charge < -0.3 is 10.3 Å². The Bertz CT molecular complexity index is 705. The van der Waals surface area contributed by atoms with E-state index in [1.165, 1.54) is 25.7 Å². The van der Waals surface area contributed by atoms with Crippen molar-refractivity contribution in [1.82, 2.24) is 20.3 Å². The van der Waals surface area contributed by atoms with Crippen LogP contribution in [0.4, 0.5) is 10.6 Å². The molecule has 0 unspecified atom stereocenters. The van der Waals surface area contributed by atoms with E-state index in [1.54, 1.807) is 12.4 Å². The summed E-state index contributed by atoms with van der Waals surface area (Å²) < 4.78 is 0. The van der Waals surface area contributed by atoms with Crippen LogP contribution in [0.3, 0.4) is 0 Å². The zero-order valence-corrected chi connectivity index (χ0v) is 12.7. The molecule has 0 saturated heterocycles. The van der Waals surface area contributed by atoms with Crippen LogP contribution >= 0.6 is 0 Å². The maximum absolute atomic E-state index is 12.2. The Hall–Kier alpha value is -2.11. The number of carbonyl (C=O) groups excluding carboxylic acids is 1. The summed E-state index contributed by atoms with van der Waals surface area (Å²) in [5.41, 5.74) is 2.01. The van der Waals surface area contributed by atoms with Crippen molar-refractivity contribution in [3.8, 4) is 0 Å². The number of hydrogen-bond donors (Lipinski definition) is 3. The average Bonchev–Trinajstić information content (AvgIpc) is 3.07. The van der Waals surface area contributed by atoms with Crippen molar-refractivity contribution in [1.29, 1.82) is 0 Å². The predicted octanol–water partition coefficient (Wildman–Crippen LogP) is 3.05. The third-order valence-electron chi connectivity index (χ3n) is 5.25. The van der Waals surface area contributed by atoms with Gasteiger partial charge in [0.2, 0.25) is 0 Å². The molecule has 22 heavy (non-hydrogen) atoms. The summed E-state index contributed by atoms with van der Waals surface area (Å²) in [6.45, 7) is 2.23. The second-order valence-electron chi connectivity index (χ2n) is 6.89. The predicted molar refractivity (Wildman–Crippen MR) is 84.5 cm³/mol. The van der Waals surface area contributed by atoms with Crippen molar-refractivity contribution in [2.45, 2.75) is 45.1 Å². The lowest BCUT2D eigenvalue weighted by atomic mass is 9.77. The van der Waals surface area contributed by atoms with Crippen molar-refractivity contribution in [3.05, 3.63) is 18.5 Å². The molecule has 4 rings (SSSR count). The van der Waals surface area contributed by atoms with E-state index in [0.717, 1.165) is 17.6 Å². The van der Waals surface area contributed by atoms with Gasteiger partial charge in [-0.2, -0.15) is 0 Å². The molecular formula is C16H21N5O. The molecule has 0 radical (unpaired) electrons. The van der Waals surface area contributed by atoms with Crippen LogP contribution in [0.25, 0.3) is 11.2 Å². The van der Waals surface area contributed by atoms with Crippen LogP contribution < -0.4 is 10.6 Å². The first-order valence-corrected chi connectivity index (χ1v) is 8.01. The molecule has 2 heterocycles. The van der Waals surface area contributed by atoms with Crippen LogP contribution in [-0.4, -0.2) is 27.0 Å². The minimum Gasteiger partial charge on any atom is -0.345 e. The molecule has 1 spiro atoms. The second kappa shape index (κ2) is 4.97. The zero-order chi connectivity index (χ0) is 15.2. The van der Waals surface area contributed by atoms with E-state index in [-0.39, 0.29) is 12.1 Å². The summed E-state index contributed by atoms with van der Waals surface area (Å²) in [7, 11) is 0. The lowest BCUT2D eigenvalue weighted by Gasteiger charge is -2.35. The van der Waals surface area contributed by atoms with E-state index < -0.39 is 0 Å². The number of amides is 2. The number of nitrogens with one attached hydrogen (secondary N) is 3. The summed E-state index contributed by atoms with van der Waals surface area (Å²) in [5, 5.41) is 5.93. The van der Waals surface area contributed by atoms with Gasteiger partial charge in [-0.1, -0.05) is 6.92 Å². The largest absolute Gasteiger partial charge is 0.345 e. The van der Waals surface area contributed by atoms with Gasteiger partial charge in [-0.05, 0) is 49.5 Å². The van der Waals surface area contributed by atoms with Crippen molar-refractivity contribution < 1.29 is 4.79 Å². The number of fused-ring (bicyclic) bond motifs is 1. The van der Waals surface area contributed by atoms with E-state index in [1.807, 2.05) is 6.07 Å². The quantitative estimate of drug-likeness (QED) is 0.797. The molecule has 2 amide bonds. The molecular weight excluding hydrogens is 278 g/mol. The van der Waals surface area contributed by atoms with E-state index in [4.69, 9.17) is 0 Å². The molecule has 2 aromatic heterocycles. The van der Waals surface area contributed by atoms with Gasteiger partial charge in [0.15, 0.2) is 11.5 Å². The van der Waals surface area contributed by atoms with Gasteiger partial charge in [0.05, 0.1) is 6.20 Å². The maximum Gasteiger partial charge on any atom is 0.320 e. The highest BCUT2D eigenvalue weighted by Gasteiger charge is 2.47. The van der Waals surface area contributed by atoms with Gasteiger partial charge in [0.25, 0.3) is 0 Å². The summed E-state index contributed by atoms with van der Waals surface area (Å²) in [5.74, 6) is 1.02. The normalized spacial score (nSPS) is 26.0. The molecule has 2 aromatic rings. The number of urea groups is 1. The number of aromatic nitrogens is 3. The lowest BCUT2D eigenvalue weighted by Crippen LogP contribution is -2.45. The number of rotatable bonds is 2. The van der Waals surface area contributed by atoms with Crippen molar-refractivity contribution in [2.75, 3.05) is 5.32 Å². The molecule has 2 fully saturated rings. The number of H-pyrrole nitrogens is 1. The highest BCUT2D eigenvalue weighted by Crippen LogP contribution is 2.57. The number of hydrogen-bond acceptors (Lipinski definition) is 3. The molecule has 2 aliphatic carbocycles. The first kappa shape index (κ1) is 13.5. The number of carbonyl (C=O) groups is 1. The Labute approximate surface area is 129 Å². The average molecular weight is 299 g/mol. The summed E-state index contributed by atoms with van der Waals surface area (Å²) >= 11 is 0. The number of nitrogens with zero attached hydrogens (tertiary/aromatic N) is 2. The maximum atomic E-state index is 12.2. The Kier molecular flexibility index (Phi) is 3.06. The van der Waals surface area contributed by atoms with Crippen LogP contribution in [-0.2, 0) is 0 Å². The third-order valence-corrected chi connectivity index (χ3v) is 5.25. The minimum absolute atomic E-state index is 0.182. The third kappa shape index (κ3) is 2.53. The highest BCUT2D eigenvalue weighted by molar-refractivity contribution is 5.89. The van der Waals surface area contributed by atoms with Crippen molar-refractivity contribution >= 4 is 23.0 Å². The standard InChI is InChI=1S/C16H21N5O/c1-10-2-4-16(5-6-16)8-12(10)20-15(22)21-13-9-18-14-11(19-13)3-7-17-14/h3,7,9-10,12H,2,4-6,8H2,1H3,(H,17,18)(H2,19,20,21,22)/t10-,12+/m0/s1. The summed E-state index contributed by atoms with van der Waals surface area (Å²) in [6, 6.07) is 1.92. The van der Waals surface area contributed by atoms with Crippen LogP contribution in [0.1, 0.15) is 39.0 Å². The zero-order valence-electron chi connectivity index (χ0n) is 12.7. The van der Waals surface area contributed by atoms with Gasteiger partial charge in [0, 0.05) is 12.2 Å². The molecule has 0 aromatic carbocycles. The van der Waals surface area contributed by atoms with Crippen LogP contribution in [0.15, 0.2) is 18.5 Å². The number of aromatic amines is 1. The number of anilines is 1. The lowest BCUT2D eigenvalue weighted by molar-refractivity contribution is 0.198. The molecule has 6 heteroatoms. The smallest absolute Gasteiger partial charge is 0.320 e. The van der Waals surface area contributed by atoms with E-state index in [9.17, 15) is 4.79 Å². The fraction of sp³-hybridized carbons (Fsp3) is 0.562. The first-order valence-electron chi connectivity index (χ1n) is 8.01. The van der Waals surface area contributed by atoms with Crippen molar-refractivity contribution in [3.63, 3.8) is 0 Å². The van der Waals surface area contributed by atoms with E-state index in [2.05, 4.69) is 32.5 Å². The first-order chi connectivity index (χ1) is 10.6. The van der Waals surface area contributed by atoms with Crippen molar-refractivity contribution in [2.24, 2.45) is 11.3 Å². The highest BCUT2D eigenvalue weighted by atomic mass is 16.2. The Morgan fingerprint density at radius 2 is 2.27 bits per heavy atom. The van der Waals surface area contributed by atoms with Gasteiger partial charge in [-0.3, -0.25) is 5.32 Å². The van der Waals surface area contributed by atoms with Gasteiger partial charge in [-0.25, -0.2) is 14.8 Å². The molecule has 0 bridgehead atoms. The van der Waals surface area contributed by atoms with E-state index in [0.29, 0.717) is 17.2 Å². The summed E-state index contributed by atoms with van der Waals surface area (Å²) in [4.78, 5) is 23.8. The minimum atomic E-state index is -0.182. The van der Waals surface area contributed by atoms with Gasteiger partial charge >= 0.3 is 6.03 Å². The second-order valence-corrected chi connectivity index (χ2v) is 6.89. The molecule has 6 nitrogen and oxygen atoms in total. The summed E-state index contributed by atoms with van der Waals surface area (Å²) in [6.07, 6.45) is 9.66. The topological polar surface area (TPSA) is 82.7 Å².